The number of methoxy groups -OCH3 is 1. The third-order valence-electron chi connectivity index (χ3n) is 5.84. The average Bonchev–Trinajstić information content (AvgIpc) is 2.87. The molecule has 2 aromatic carbocycles. The normalized spacial score (nSPS) is 11.9. The Bertz CT molecular complexity index is 1120. The summed E-state index contributed by atoms with van der Waals surface area (Å²) in [7, 11) is -2.28. The molecule has 0 fully saturated rings. The van der Waals surface area contributed by atoms with Crippen molar-refractivity contribution in [3.63, 3.8) is 0 Å². The van der Waals surface area contributed by atoms with E-state index in [1.165, 1.54) is 4.90 Å². The number of unbranched alkanes of at least 4 members (excludes halogenated alkanes) is 1. The minimum absolute atomic E-state index is 0.132. The SMILES string of the molecule is CCCCNC(=O)[C@H](CC)N(Cc1ccc(OC)cc1)C(=O)CN(c1ccccc1OCC)S(C)(=O)=O. The van der Waals surface area contributed by atoms with Crippen molar-refractivity contribution in [3.05, 3.63) is 54.1 Å². The molecular weight excluding hydrogens is 494 g/mol. The molecule has 2 rings (SSSR count). The highest BCUT2D eigenvalue weighted by molar-refractivity contribution is 7.92. The molecule has 204 valence electrons. The number of carbonyl (C=O) groups is 2. The highest BCUT2D eigenvalue weighted by Crippen LogP contribution is 2.30. The van der Waals surface area contributed by atoms with Gasteiger partial charge in [-0.3, -0.25) is 13.9 Å². The second-order valence-corrected chi connectivity index (χ2v) is 10.5. The molecule has 1 N–H and O–H groups in total. The maximum absolute atomic E-state index is 13.8. The van der Waals surface area contributed by atoms with Gasteiger partial charge in [0.25, 0.3) is 0 Å². The second kappa shape index (κ2) is 14.5. The molecule has 0 radical (unpaired) electrons. The number of amides is 2. The molecule has 0 heterocycles. The van der Waals surface area contributed by atoms with Crippen LogP contribution in [-0.4, -0.2) is 64.2 Å². The summed E-state index contributed by atoms with van der Waals surface area (Å²) in [6, 6.07) is 13.1. The molecule has 0 bridgehead atoms. The molecule has 0 aromatic heterocycles. The van der Waals surface area contributed by atoms with E-state index < -0.39 is 28.5 Å². The first-order valence-electron chi connectivity index (χ1n) is 12.6. The van der Waals surface area contributed by atoms with E-state index in [0.717, 1.165) is 29.0 Å². The summed E-state index contributed by atoms with van der Waals surface area (Å²) >= 11 is 0. The number of anilines is 1. The Labute approximate surface area is 220 Å². The van der Waals surface area contributed by atoms with Crippen LogP contribution in [0.5, 0.6) is 11.5 Å². The molecule has 0 saturated carbocycles. The van der Waals surface area contributed by atoms with Crippen molar-refractivity contribution in [3.8, 4) is 11.5 Å². The van der Waals surface area contributed by atoms with Crippen LogP contribution in [0.4, 0.5) is 5.69 Å². The summed E-state index contributed by atoms with van der Waals surface area (Å²) in [6.45, 7) is 6.16. The number of carbonyl (C=O) groups excluding carboxylic acids is 2. The van der Waals surface area contributed by atoms with E-state index in [2.05, 4.69) is 5.32 Å². The summed E-state index contributed by atoms with van der Waals surface area (Å²) in [5, 5.41) is 2.91. The van der Waals surface area contributed by atoms with Crippen molar-refractivity contribution in [1.82, 2.24) is 10.2 Å². The number of hydrogen-bond donors (Lipinski definition) is 1. The lowest BCUT2D eigenvalue weighted by atomic mass is 10.1. The van der Waals surface area contributed by atoms with Gasteiger partial charge in [-0.15, -0.1) is 0 Å². The standard InChI is InChI=1S/C27H39N3O6S/c1-6-9-18-28-27(32)23(7-2)29(19-21-14-16-22(35-4)17-15-21)26(31)20-30(37(5,33)34)24-12-10-11-13-25(24)36-8-3/h10-17,23H,6-9,18-20H2,1-5H3,(H,28,32)/t23-/m0/s1. The van der Waals surface area contributed by atoms with Gasteiger partial charge < -0.3 is 19.7 Å². The van der Waals surface area contributed by atoms with Gasteiger partial charge in [-0.2, -0.15) is 0 Å². The highest BCUT2D eigenvalue weighted by Gasteiger charge is 2.32. The summed E-state index contributed by atoms with van der Waals surface area (Å²) in [6.07, 6.45) is 3.17. The maximum Gasteiger partial charge on any atom is 0.244 e. The lowest BCUT2D eigenvalue weighted by molar-refractivity contribution is -0.140. The van der Waals surface area contributed by atoms with E-state index in [4.69, 9.17) is 9.47 Å². The van der Waals surface area contributed by atoms with Crippen LogP contribution in [0.25, 0.3) is 0 Å². The zero-order valence-corrected chi connectivity index (χ0v) is 23.2. The number of sulfonamides is 1. The Morgan fingerprint density at radius 3 is 2.27 bits per heavy atom. The van der Waals surface area contributed by atoms with E-state index >= 15 is 0 Å². The van der Waals surface area contributed by atoms with Crippen LogP contribution in [0.1, 0.15) is 45.6 Å². The van der Waals surface area contributed by atoms with E-state index in [1.54, 1.807) is 50.4 Å². The number of benzene rings is 2. The summed E-state index contributed by atoms with van der Waals surface area (Å²) < 4.78 is 37.5. The van der Waals surface area contributed by atoms with Gasteiger partial charge in [-0.05, 0) is 49.6 Å². The summed E-state index contributed by atoms with van der Waals surface area (Å²) in [4.78, 5) is 28.3. The van der Waals surface area contributed by atoms with Crippen LogP contribution >= 0.6 is 0 Å². The number of hydrogen-bond acceptors (Lipinski definition) is 6. The fourth-order valence-electron chi connectivity index (χ4n) is 3.89. The van der Waals surface area contributed by atoms with Gasteiger partial charge in [0.15, 0.2) is 0 Å². The molecular formula is C27H39N3O6S. The molecule has 0 spiro atoms. The van der Waals surface area contributed by atoms with E-state index in [9.17, 15) is 18.0 Å². The van der Waals surface area contributed by atoms with Crippen molar-refractivity contribution < 1.29 is 27.5 Å². The smallest absolute Gasteiger partial charge is 0.244 e. The van der Waals surface area contributed by atoms with Gasteiger partial charge in [-0.1, -0.05) is 44.5 Å². The molecule has 10 heteroatoms. The molecule has 0 aliphatic rings. The van der Waals surface area contributed by atoms with Crippen molar-refractivity contribution in [2.24, 2.45) is 0 Å². The Hall–Kier alpha value is -3.27. The number of para-hydroxylation sites is 2. The first kappa shape index (κ1) is 30.0. The fourth-order valence-corrected chi connectivity index (χ4v) is 4.74. The minimum Gasteiger partial charge on any atom is -0.497 e. The van der Waals surface area contributed by atoms with Gasteiger partial charge in [0, 0.05) is 13.1 Å². The van der Waals surface area contributed by atoms with Crippen LogP contribution < -0.4 is 19.1 Å². The number of ether oxygens (including phenoxy) is 2. The quantitative estimate of drug-likeness (QED) is 0.351. The van der Waals surface area contributed by atoms with E-state index in [0.29, 0.717) is 31.1 Å². The van der Waals surface area contributed by atoms with Gasteiger partial charge in [0.2, 0.25) is 21.8 Å². The largest absolute Gasteiger partial charge is 0.497 e. The van der Waals surface area contributed by atoms with Crippen molar-refractivity contribution >= 4 is 27.5 Å². The number of rotatable bonds is 15. The molecule has 0 unspecified atom stereocenters. The van der Waals surface area contributed by atoms with Gasteiger partial charge >= 0.3 is 0 Å². The summed E-state index contributed by atoms with van der Waals surface area (Å²) in [5.41, 5.74) is 1.06. The monoisotopic (exact) mass is 533 g/mol. The van der Waals surface area contributed by atoms with E-state index in [1.807, 2.05) is 26.0 Å². The van der Waals surface area contributed by atoms with Crippen LogP contribution in [0.3, 0.4) is 0 Å². The predicted octanol–water partition coefficient (Wildman–Crippen LogP) is 3.58. The van der Waals surface area contributed by atoms with Crippen molar-refractivity contribution in [2.75, 3.05) is 37.4 Å². The lowest BCUT2D eigenvalue weighted by Gasteiger charge is -2.33. The Morgan fingerprint density at radius 2 is 1.70 bits per heavy atom. The average molecular weight is 534 g/mol. The van der Waals surface area contributed by atoms with Crippen LogP contribution in [0.15, 0.2) is 48.5 Å². The Balaban J connectivity index is 2.44. The van der Waals surface area contributed by atoms with E-state index in [-0.39, 0.29) is 18.1 Å². The minimum atomic E-state index is -3.85. The fraction of sp³-hybridized carbons (Fsp3) is 0.481. The molecule has 0 aliphatic heterocycles. The Morgan fingerprint density at radius 1 is 1.03 bits per heavy atom. The number of nitrogens with one attached hydrogen (secondary N) is 1. The molecule has 0 saturated heterocycles. The summed E-state index contributed by atoms with van der Waals surface area (Å²) in [5.74, 6) is 0.263. The molecule has 9 nitrogen and oxygen atoms in total. The zero-order valence-electron chi connectivity index (χ0n) is 22.4. The Kier molecular flexibility index (Phi) is 11.7. The van der Waals surface area contributed by atoms with Crippen molar-refractivity contribution in [2.45, 2.75) is 52.6 Å². The van der Waals surface area contributed by atoms with Gasteiger partial charge in [0.1, 0.15) is 24.1 Å². The molecule has 0 aliphatic carbocycles. The third kappa shape index (κ3) is 8.66. The molecule has 37 heavy (non-hydrogen) atoms. The van der Waals surface area contributed by atoms with Crippen LogP contribution in [-0.2, 0) is 26.2 Å². The molecule has 2 amide bonds. The topological polar surface area (TPSA) is 105 Å². The zero-order chi connectivity index (χ0) is 27.4. The predicted molar refractivity (Wildman–Crippen MR) is 145 cm³/mol. The first-order valence-corrected chi connectivity index (χ1v) is 14.4. The second-order valence-electron chi connectivity index (χ2n) is 8.61. The van der Waals surface area contributed by atoms with Crippen LogP contribution in [0.2, 0.25) is 0 Å². The van der Waals surface area contributed by atoms with Crippen LogP contribution in [0, 0.1) is 0 Å². The van der Waals surface area contributed by atoms with Crippen molar-refractivity contribution in [1.29, 1.82) is 0 Å². The first-order chi connectivity index (χ1) is 17.7. The molecule has 2 aromatic rings. The number of nitrogens with zero attached hydrogens (tertiary/aromatic N) is 2. The van der Waals surface area contributed by atoms with Gasteiger partial charge in [0.05, 0.1) is 25.7 Å². The van der Waals surface area contributed by atoms with Gasteiger partial charge in [-0.25, -0.2) is 8.42 Å². The third-order valence-corrected chi connectivity index (χ3v) is 6.97. The lowest BCUT2D eigenvalue weighted by Crippen LogP contribution is -2.52. The highest BCUT2D eigenvalue weighted by atomic mass is 32.2. The molecule has 1 atom stereocenters. The maximum atomic E-state index is 13.8.